The molecule has 1 aliphatic heterocycles. The number of rotatable bonds is 8. The molecule has 0 spiro atoms. The van der Waals surface area contributed by atoms with E-state index in [1.807, 2.05) is 19.2 Å². The van der Waals surface area contributed by atoms with Crippen LogP contribution in [-0.4, -0.2) is 36.2 Å². The molecule has 0 aliphatic carbocycles. The smallest absolute Gasteiger partial charge is 0.176 e. The van der Waals surface area contributed by atoms with E-state index in [9.17, 15) is 4.39 Å². The summed E-state index contributed by atoms with van der Waals surface area (Å²) in [6.45, 7) is 9.01. The Balaban J connectivity index is 1.73. The van der Waals surface area contributed by atoms with Crippen molar-refractivity contribution in [1.82, 2.24) is 9.88 Å². The van der Waals surface area contributed by atoms with Gasteiger partial charge in [0.1, 0.15) is 6.61 Å². The van der Waals surface area contributed by atoms with Gasteiger partial charge in [0.15, 0.2) is 5.13 Å². The minimum Gasteiger partial charge on any atom is -0.366 e. The SMILES string of the molecule is Cc1ccc(C(C)(C)N2CC[C@@](CCc3ccc(F)s3)(COCC#N)C2)cn1. The molecule has 28 heavy (non-hydrogen) atoms. The van der Waals surface area contributed by atoms with Crippen LogP contribution < -0.4 is 0 Å². The number of nitriles is 1. The Morgan fingerprint density at radius 1 is 1.36 bits per heavy atom. The molecule has 1 atom stereocenters. The first kappa shape index (κ1) is 20.9. The molecule has 150 valence electrons. The Labute approximate surface area is 171 Å². The second-order valence-electron chi connectivity index (χ2n) is 8.28. The van der Waals surface area contributed by atoms with Gasteiger partial charge < -0.3 is 4.74 Å². The molecule has 0 radical (unpaired) electrons. The van der Waals surface area contributed by atoms with Gasteiger partial charge in [0, 0.05) is 34.3 Å². The number of hydrogen-bond donors (Lipinski definition) is 0. The normalized spacial score (nSPS) is 20.4. The van der Waals surface area contributed by atoms with Crippen molar-refractivity contribution in [2.75, 3.05) is 26.3 Å². The zero-order chi connectivity index (χ0) is 20.2. The Morgan fingerprint density at radius 3 is 2.82 bits per heavy atom. The van der Waals surface area contributed by atoms with Crippen LogP contribution in [0.2, 0.25) is 0 Å². The van der Waals surface area contributed by atoms with Gasteiger partial charge in [-0.2, -0.15) is 9.65 Å². The summed E-state index contributed by atoms with van der Waals surface area (Å²) < 4.78 is 19.0. The fraction of sp³-hybridized carbons (Fsp3) is 0.545. The van der Waals surface area contributed by atoms with Crippen LogP contribution in [0.1, 0.15) is 42.8 Å². The summed E-state index contributed by atoms with van der Waals surface area (Å²) in [5, 5.41) is 8.72. The van der Waals surface area contributed by atoms with Gasteiger partial charge in [-0.1, -0.05) is 6.07 Å². The maximum atomic E-state index is 13.3. The van der Waals surface area contributed by atoms with E-state index in [1.165, 1.54) is 23.0 Å². The number of ether oxygens (including phenoxy) is 1. The molecule has 2 aromatic rings. The van der Waals surface area contributed by atoms with Gasteiger partial charge in [-0.05, 0) is 70.3 Å². The van der Waals surface area contributed by atoms with Gasteiger partial charge in [0.25, 0.3) is 0 Å². The molecule has 6 heteroatoms. The maximum absolute atomic E-state index is 13.3. The summed E-state index contributed by atoms with van der Waals surface area (Å²) in [5.74, 6) is 0. The maximum Gasteiger partial charge on any atom is 0.176 e. The number of pyridine rings is 1. The predicted molar refractivity (Wildman–Crippen MR) is 110 cm³/mol. The van der Waals surface area contributed by atoms with Crippen LogP contribution in [0.15, 0.2) is 30.5 Å². The van der Waals surface area contributed by atoms with Crippen molar-refractivity contribution in [2.24, 2.45) is 5.41 Å². The van der Waals surface area contributed by atoms with Crippen LogP contribution in [-0.2, 0) is 16.7 Å². The third-order valence-electron chi connectivity index (χ3n) is 5.95. The summed E-state index contributed by atoms with van der Waals surface area (Å²) in [7, 11) is 0. The molecule has 1 aliphatic rings. The fourth-order valence-corrected chi connectivity index (χ4v) is 4.73. The number of nitrogens with zero attached hydrogens (tertiary/aromatic N) is 3. The highest BCUT2D eigenvalue weighted by atomic mass is 32.1. The minimum atomic E-state index is -0.133. The number of aromatic nitrogens is 1. The van der Waals surface area contributed by atoms with Crippen molar-refractivity contribution < 1.29 is 9.13 Å². The Morgan fingerprint density at radius 2 is 2.18 bits per heavy atom. The first-order chi connectivity index (χ1) is 13.3. The van der Waals surface area contributed by atoms with Crippen LogP contribution in [0.25, 0.3) is 0 Å². The first-order valence-electron chi connectivity index (χ1n) is 9.72. The summed E-state index contributed by atoms with van der Waals surface area (Å²) in [4.78, 5) is 8.03. The molecular formula is C22H28FN3OS. The monoisotopic (exact) mass is 401 g/mol. The molecular weight excluding hydrogens is 373 g/mol. The summed E-state index contributed by atoms with van der Waals surface area (Å²) in [6, 6.07) is 9.69. The van der Waals surface area contributed by atoms with Crippen LogP contribution in [0, 0.1) is 28.8 Å². The third-order valence-corrected chi connectivity index (χ3v) is 6.89. The average molecular weight is 402 g/mol. The molecule has 0 bridgehead atoms. The van der Waals surface area contributed by atoms with Crippen molar-refractivity contribution in [2.45, 2.75) is 45.6 Å². The van der Waals surface area contributed by atoms with Gasteiger partial charge >= 0.3 is 0 Å². The largest absolute Gasteiger partial charge is 0.366 e. The van der Waals surface area contributed by atoms with Crippen LogP contribution in [0.5, 0.6) is 0 Å². The lowest BCUT2D eigenvalue weighted by atomic mass is 9.82. The van der Waals surface area contributed by atoms with Crippen LogP contribution in [0.4, 0.5) is 4.39 Å². The van der Waals surface area contributed by atoms with E-state index in [-0.39, 0.29) is 22.7 Å². The lowest BCUT2D eigenvalue weighted by Crippen LogP contribution is -2.42. The van der Waals surface area contributed by atoms with Crippen LogP contribution in [0.3, 0.4) is 0 Å². The second kappa shape index (κ2) is 8.69. The van der Waals surface area contributed by atoms with Crippen molar-refractivity contribution in [1.29, 1.82) is 5.26 Å². The first-order valence-corrected chi connectivity index (χ1v) is 10.5. The van der Waals surface area contributed by atoms with Crippen molar-refractivity contribution in [3.05, 3.63) is 51.7 Å². The fourth-order valence-electron chi connectivity index (χ4n) is 4.01. The Kier molecular flexibility index (Phi) is 6.49. The van der Waals surface area contributed by atoms with E-state index in [1.54, 1.807) is 0 Å². The predicted octanol–water partition coefficient (Wildman–Crippen LogP) is 4.69. The van der Waals surface area contributed by atoms with E-state index >= 15 is 0 Å². The standard InChI is InChI=1S/C22H28FN3OS/c1-17-4-5-18(14-25-17)21(2,3)26-12-10-22(15-26,16-27-13-11-24)9-8-19-6-7-20(23)28-19/h4-7,14H,8-10,12-13,15-16H2,1-3H3/t22-/m1/s1. The number of halogens is 1. The molecule has 0 saturated carbocycles. The van der Waals surface area contributed by atoms with Crippen molar-refractivity contribution in [3.63, 3.8) is 0 Å². The highest BCUT2D eigenvalue weighted by Crippen LogP contribution is 2.42. The van der Waals surface area contributed by atoms with Crippen molar-refractivity contribution in [3.8, 4) is 6.07 Å². The summed E-state index contributed by atoms with van der Waals surface area (Å²) in [5.41, 5.74) is 2.06. The van der Waals surface area contributed by atoms with E-state index in [0.717, 1.165) is 42.9 Å². The zero-order valence-electron chi connectivity index (χ0n) is 16.9. The van der Waals surface area contributed by atoms with Crippen LogP contribution >= 0.6 is 11.3 Å². The highest BCUT2D eigenvalue weighted by molar-refractivity contribution is 7.10. The van der Waals surface area contributed by atoms with Gasteiger partial charge in [-0.25, -0.2) is 0 Å². The molecule has 0 N–H and O–H groups in total. The van der Waals surface area contributed by atoms with E-state index < -0.39 is 0 Å². The minimum absolute atomic E-state index is 0.0211. The molecule has 4 nitrogen and oxygen atoms in total. The van der Waals surface area contributed by atoms with Gasteiger partial charge in [-0.15, -0.1) is 11.3 Å². The lowest BCUT2D eigenvalue weighted by Gasteiger charge is -2.38. The van der Waals surface area contributed by atoms with Crippen molar-refractivity contribution >= 4 is 11.3 Å². The molecule has 0 amide bonds. The Hall–Kier alpha value is -1.81. The topological polar surface area (TPSA) is 49.1 Å². The molecule has 0 unspecified atom stereocenters. The molecule has 1 fully saturated rings. The number of aryl methyl sites for hydroxylation is 2. The quantitative estimate of drug-likeness (QED) is 0.602. The van der Waals surface area contributed by atoms with E-state index in [4.69, 9.17) is 10.00 Å². The van der Waals surface area contributed by atoms with Gasteiger partial charge in [0.2, 0.25) is 0 Å². The number of hydrogen-bond acceptors (Lipinski definition) is 5. The molecule has 3 heterocycles. The summed E-state index contributed by atoms with van der Waals surface area (Å²) in [6.07, 6.45) is 4.74. The molecule has 0 aromatic carbocycles. The second-order valence-corrected chi connectivity index (χ2v) is 9.39. The van der Waals surface area contributed by atoms with E-state index in [0.29, 0.717) is 6.61 Å². The molecule has 1 saturated heterocycles. The average Bonchev–Trinajstić information content (AvgIpc) is 3.28. The highest BCUT2D eigenvalue weighted by Gasteiger charge is 2.43. The Bertz CT molecular complexity index is 827. The zero-order valence-corrected chi connectivity index (χ0v) is 17.7. The summed E-state index contributed by atoms with van der Waals surface area (Å²) >= 11 is 1.22. The third kappa shape index (κ3) is 4.78. The molecule has 2 aromatic heterocycles. The van der Waals surface area contributed by atoms with E-state index in [2.05, 4.69) is 41.9 Å². The van der Waals surface area contributed by atoms with Gasteiger partial charge in [0.05, 0.1) is 12.7 Å². The van der Waals surface area contributed by atoms with Gasteiger partial charge in [-0.3, -0.25) is 9.88 Å². The number of likely N-dealkylation sites (tertiary alicyclic amines) is 1. The number of thiophene rings is 1. The lowest BCUT2D eigenvalue weighted by molar-refractivity contribution is 0.0468. The molecule has 3 rings (SSSR count).